The fourth-order valence-corrected chi connectivity index (χ4v) is 4.19. The standard InChI is InChI=1S/C20H20N2O4S2/c1-4-25-15-9-6-5-8-14(15)22-18(23)13(3)26-20(24)17-12(2)21-19(28-17)16-10-7-11-27-16/h5-11,13H,4H2,1-3H3,(H,22,23). The SMILES string of the molecule is CCOc1ccccc1NC(=O)C(C)OC(=O)c1sc(-c2cccs2)nc1C. The molecule has 2 aromatic heterocycles. The molecule has 0 spiro atoms. The highest BCUT2D eigenvalue weighted by Gasteiger charge is 2.24. The van der Waals surface area contributed by atoms with Crippen molar-refractivity contribution in [3.8, 4) is 15.6 Å². The van der Waals surface area contributed by atoms with Crippen molar-refractivity contribution < 1.29 is 19.1 Å². The highest BCUT2D eigenvalue weighted by atomic mass is 32.1. The van der Waals surface area contributed by atoms with Crippen molar-refractivity contribution in [2.24, 2.45) is 0 Å². The summed E-state index contributed by atoms with van der Waals surface area (Å²) in [4.78, 5) is 30.8. The summed E-state index contributed by atoms with van der Waals surface area (Å²) >= 11 is 2.82. The molecule has 0 aliphatic rings. The number of rotatable bonds is 7. The molecular weight excluding hydrogens is 396 g/mol. The van der Waals surface area contributed by atoms with Crippen LogP contribution in [0.3, 0.4) is 0 Å². The molecule has 0 fully saturated rings. The van der Waals surface area contributed by atoms with Crippen molar-refractivity contribution >= 4 is 40.2 Å². The van der Waals surface area contributed by atoms with Crippen LogP contribution in [0.4, 0.5) is 5.69 Å². The minimum atomic E-state index is -0.964. The fraction of sp³-hybridized carbons (Fsp3) is 0.250. The third kappa shape index (κ3) is 4.58. The number of carbonyl (C=O) groups is 2. The van der Waals surface area contributed by atoms with Crippen LogP contribution in [-0.2, 0) is 9.53 Å². The van der Waals surface area contributed by atoms with Gasteiger partial charge in [0.2, 0.25) is 0 Å². The van der Waals surface area contributed by atoms with Crippen molar-refractivity contribution in [2.75, 3.05) is 11.9 Å². The summed E-state index contributed by atoms with van der Waals surface area (Å²) in [6, 6.07) is 11.0. The maximum atomic E-state index is 12.5. The van der Waals surface area contributed by atoms with Gasteiger partial charge in [-0.15, -0.1) is 22.7 Å². The number of para-hydroxylation sites is 2. The maximum Gasteiger partial charge on any atom is 0.351 e. The number of thiophene rings is 1. The van der Waals surface area contributed by atoms with E-state index in [1.54, 1.807) is 36.5 Å². The van der Waals surface area contributed by atoms with E-state index in [0.717, 1.165) is 9.88 Å². The Hall–Kier alpha value is -2.71. The summed E-state index contributed by atoms with van der Waals surface area (Å²) in [5, 5.41) is 5.46. The highest BCUT2D eigenvalue weighted by Crippen LogP contribution is 2.31. The van der Waals surface area contributed by atoms with E-state index in [0.29, 0.717) is 28.6 Å². The van der Waals surface area contributed by atoms with Crippen molar-refractivity contribution in [3.05, 3.63) is 52.3 Å². The van der Waals surface area contributed by atoms with Gasteiger partial charge in [0.15, 0.2) is 6.10 Å². The topological polar surface area (TPSA) is 77.5 Å². The predicted molar refractivity (Wildman–Crippen MR) is 111 cm³/mol. The number of nitrogens with zero attached hydrogens (tertiary/aromatic N) is 1. The van der Waals surface area contributed by atoms with Gasteiger partial charge in [0.05, 0.1) is 22.9 Å². The van der Waals surface area contributed by atoms with Gasteiger partial charge in [-0.2, -0.15) is 0 Å². The van der Waals surface area contributed by atoms with Crippen LogP contribution in [0, 0.1) is 6.92 Å². The fourth-order valence-electron chi connectivity index (χ4n) is 2.44. The van der Waals surface area contributed by atoms with Gasteiger partial charge in [-0.3, -0.25) is 4.79 Å². The Labute approximate surface area is 171 Å². The second-order valence-corrected chi connectivity index (χ2v) is 7.82. The Balaban J connectivity index is 1.67. The number of carbonyl (C=O) groups excluding carboxylic acids is 2. The maximum absolute atomic E-state index is 12.5. The van der Waals surface area contributed by atoms with Gasteiger partial charge in [-0.1, -0.05) is 18.2 Å². The number of hydrogen-bond donors (Lipinski definition) is 1. The number of thiazole rings is 1. The van der Waals surface area contributed by atoms with E-state index in [1.807, 2.05) is 30.5 Å². The summed E-state index contributed by atoms with van der Waals surface area (Å²) < 4.78 is 10.9. The molecule has 28 heavy (non-hydrogen) atoms. The number of anilines is 1. The number of aryl methyl sites for hydroxylation is 1. The summed E-state index contributed by atoms with van der Waals surface area (Å²) in [7, 11) is 0. The van der Waals surface area contributed by atoms with Crippen LogP contribution >= 0.6 is 22.7 Å². The van der Waals surface area contributed by atoms with E-state index in [4.69, 9.17) is 9.47 Å². The van der Waals surface area contributed by atoms with Gasteiger partial charge in [0, 0.05) is 0 Å². The Morgan fingerprint density at radius 1 is 1.21 bits per heavy atom. The molecule has 0 radical (unpaired) electrons. The smallest absolute Gasteiger partial charge is 0.351 e. The average Bonchev–Trinajstić information content (AvgIpc) is 3.33. The zero-order valence-electron chi connectivity index (χ0n) is 15.7. The molecular formula is C20H20N2O4S2. The zero-order valence-corrected chi connectivity index (χ0v) is 17.4. The summed E-state index contributed by atoms with van der Waals surface area (Å²) in [5.74, 6) is -0.421. The van der Waals surface area contributed by atoms with Crippen molar-refractivity contribution in [1.29, 1.82) is 0 Å². The van der Waals surface area contributed by atoms with Gasteiger partial charge >= 0.3 is 5.97 Å². The molecule has 146 valence electrons. The Morgan fingerprint density at radius 3 is 2.71 bits per heavy atom. The highest BCUT2D eigenvalue weighted by molar-refractivity contribution is 7.22. The lowest BCUT2D eigenvalue weighted by Crippen LogP contribution is -2.30. The molecule has 0 saturated carbocycles. The number of ether oxygens (including phenoxy) is 2. The lowest BCUT2D eigenvalue weighted by Gasteiger charge is -2.15. The molecule has 1 aromatic carbocycles. The summed E-state index contributed by atoms with van der Waals surface area (Å²) in [5.41, 5.74) is 1.12. The molecule has 0 saturated heterocycles. The molecule has 1 N–H and O–H groups in total. The molecule has 3 aromatic rings. The van der Waals surface area contributed by atoms with E-state index in [1.165, 1.54) is 18.3 Å². The van der Waals surface area contributed by atoms with Crippen LogP contribution < -0.4 is 10.1 Å². The summed E-state index contributed by atoms with van der Waals surface area (Å²) in [6.45, 7) is 5.64. The van der Waals surface area contributed by atoms with Crippen molar-refractivity contribution in [2.45, 2.75) is 26.9 Å². The van der Waals surface area contributed by atoms with Crippen LogP contribution in [0.15, 0.2) is 41.8 Å². The second-order valence-electron chi connectivity index (χ2n) is 5.88. The predicted octanol–water partition coefficient (Wildman–Crippen LogP) is 4.76. The molecule has 0 aliphatic heterocycles. The van der Waals surface area contributed by atoms with Gasteiger partial charge in [-0.25, -0.2) is 9.78 Å². The minimum Gasteiger partial charge on any atom is -0.492 e. The van der Waals surface area contributed by atoms with Crippen LogP contribution in [0.1, 0.15) is 29.2 Å². The van der Waals surface area contributed by atoms with Crippen molar-refractivity contribution in [1.82, 2.24) is 4.98 Å². The molecule has 1 unspecified atom stereocenters. The lowest BCUT2D eigenvalue weighted by atomic mass is 10.2. The van der Waals surface area contributed by atoms with Gasteiger partial charge in [-0.05, 0) is 44.4 Å². The van der Waals surface area contributed by atoms with Gasteiger partial charge in [0.25, 0.3) is 5.91 Å². The molecule has 1 atom stereocenters. The van der Waals surface area contributed by atoms with E-state index >= 15 is 0 Å². The van der Waals surface area contributed by atoms with E-state index in [2.05, 4.69) is 10.3 Å². The largest absolute Gasteiger partial charge is 0.492 e. The first-order valence-electron chi connectivity index (χ1n) is 8.74. The molecule has 0 aliphatic carbocycles. The van der Waals surface area contributed by atoms with E-state index < -0.39 is 18.0 Å². The zero-order chi connectivity index (χ0) is 20.1. The first-order chi connectivity index (χ1) is 13.5. The lowest BCUT2D eigenvalue weighted by molar-refractivity contribution is -0.123. The monoisotopic (exact) mass is 416 g/mol. The second kappa shape index (κ2) is 8.99. The first-order valence-corrected chi connectivity index (χ1v) is 10.4. The quantitative estimate of drug-likeness (QED) is 0.562. The Kier molecular flexibility index (Phi) is 6.43. The molecule has 0 bridgehead atoms. The van der Waals surface area contributed by atoms with Gasteiger partial charge in [0.1, 0.15) is 15.6 Å². The number of esters is 1. The van der Waals surface area contributed by atoms with Gasteiger partial charge < -0.3 is 14.8 Å². The normalized spacial score (nSPS) is 11.7. The van der Waals surface area contributed by atoms with Crippen LogP contribution in [-0.4, -0.2) is 29.6 Å². The molecule has 1 amide bonds. The molecule has 3 rings (SSSR count). The third-order valence-corrected chi connectivity index (χ3v) is 5.99. The molecule has 8 heteroatoms. The number of hydrogen-bond acceptors (Lipinski definition) is 7. The van der Waals surface area contributed by atoms with Crippen molar-refractivity contribution in [3.63, 3.8) is 0 Å². The minimum absolute atomic E-state index is 0.401. The molecule has 2 heterocycles. The number of aromatic nitrogens is 1. The van der Waals surface area contributed by atoms with E-state index in [-0.39, 0.29) is 0 Å². The Bertz CT molecular complexity index is 967. The number of nitrogens with one attached hydrogen (secondary N) is 1. The number of amides is 1. The molecule has 6 nitrogen and oxygen atoms in total. The van der Waals surface area contributed by atoms with E-state index in [9.17, 15) is 9.59 Å². The number of benzene rings is 1. The first kappa shape index (κ1) is 20.0. The third-order valence-electron chi connectivity index (χ3n) is 3.81. The summed E-state index contributed by atoms with van der Waals surface area (Å²) in [6.07, 6.45) is -0.964. The van der Waals surface area contributed by atoms with Crippen LogP contribution in [0.2, 0.25) is 0 Å². The Morgan fingerprint density at radius 2 is 2.00 bits per heavy atom. The average molecular weight is 417 g/mol. The van der Waals surface area contributed by atoms with Crippen LogP contribution in [0.5, 0.6) is 5.75 Å². The van der Waals surface area contributed by atoms with Crippen LogP contribution in [0.25, 0.3) is 9.88 Å².